The first-order chi connectivity index (χ1) is 11.0. The summed E-state index contributed by atoms with van der Waals surface area (Å²) in [6.45, 7) is 4.08. The first kappa shape index (κ1) is 22.2. The van der Waals surface area contributed by atoms with E-state index in [4.69, 9.17) is 9.16 Å². The van der Waals surface area contributed by atoms with Crippen LogP contribution in [0.3, 0.4) is 0 Å². The number of hydrogen-bond acceptors (Lipinski definition) is 4. The third-order valence-corrected chi connectivity index (χ3v) is 5.47. The molecule has 0 aliphatic carbocycles. The van der Waals surface area contributed by atoms with E-state index < -0.39 is 59.8 Å². The molecule has 0 spiro atoms. The van der Waals surface area contributed by atoms with Crippen molar-refractivity contribution in [1.82, 2.24) is 0 Å². The van der Waals surface area contributed by atoms with Crippen LogP contribution >= 0.6 is 0 Å². The third kappa shape index (κ3) is 3.18. The zero-order valence-electron chi connectivity index (χ0n) is 14.5. The maximum Gasteiger partial charge on any atom is 0.426 e. The van der Waals surface area contributed by atoms with Gasteiger partial charge in [-0.15, -0.1) is 0 Å². The molecule has 2 atom stereocenters. The van der Waals surface area contributed by atoms with Crippen molar-refractivity contribution in [3.05, 3.63) is 0 Å². The SMILES string of the molecule is CC(C)C(CO[SiH3])(CC1OC(=O)C1(C)C)C(O)(C(F)(F)F)C(F)(F)F. The number of ether oxygens (including phenoxy) is 1. The summed E-state index contributed by atoms with van der Waals surface area (Å²) in [5, 5.41) is 10.0. The topological polar surface area (TPSA) is 55.8 Å². The second-order valence-corrected chi connectivity index (χ2v) is 7.85. The van der Waals surface area contributed by atoms with Gasteiger partial charge in [0.25, 0.3) is 5.60 Å². The summed E-state index contributed by atoms with van der Waals surface area (Å²) >= 11 is 0. The number of cyclic esters (lactones) is 1. The van der Waals surface area contributed by atoms with Crippen molar-refractivity contribution in [2.24, 2.45) is 16.7 Å². The van der Waals surface area contributed by atoms with E-state index in [1.54, 1.807) is 0 Å². The summed E-state index contributed by atoms with van der Waals surface area (Å²) in [4.78, 5) is 11.5. The van der Waals surface area contributed by atoms with Crippen molar-refractivity contribution in [2.75, 3.05) is 6.61 Å². The molecular weight excluding hydrogens is 374 g/mol. The fourth-order valence-electron chi connectivity index (χ4n) is 3.24. The molecule has 1 aliphatic heterocycles. The number of esters is 1. The first-order valence-electron chi connectivity index (χ1n) is 7.55. The number of rotatable bonds is 6. The Kier molecular flexibility index (Phi) is 5.70. The van der Waals surface area contributed by atoms with Crippen molar-refractivity contribution in [3.63, 3.8) is 0 Å². The van der Waals surface area contributed by atoms with Crippen molar-refractivity contribution in [3.8, 4) is 0 Å². The number of aliphatic hydroxyl groups is 1. The van der Waals surface area contributed by atoms with Crippen LogP contribution in [0.5, 0.6) is 0 Å². The molecule has 0 aromatic rings. The second kappa shape index (κ2) is 6.41. The molecule has 0 bridgehead atoms. The molecule has 1 fully saturated rings. The summed E-state index contributed by atoms with van der Waals surface area (Å²) < 4.78 is 90.6. The third-order valence-electron chi connectivity index (χ3n) is 5.18. The molecule has 1 heterocycles. The lowest BCUT2D eigenvalue weighted by molar-refractivity contribution is -0.415. The summed E-state index contributed by atoms with van der Waals surface area (Å²) in [6, 6.07) is 0. The van der Waals surface area contributed by atoms with Gasteiger partial charge in [0.2, 0.25) is 0 Å². The van der Waals surface area contributed by atoms with E-state index in [1.807, 2.05) is 0 Å². The normalized spacial score (nSPS) is 24.0. The first-order valence-corrected chi connectivity index (χ1v) is 8.36. The quantitative estimate of drug-likeness (QED) is 0.425. The molecule has 0 aromatic carbocycles. The van der Waals surface area contributed by atoms with Crippen LogP contribution in [0, 0.1) is 16.7 Å². The van der Waals surface area contributed by atoms with Gasteiger partial charge in [-0.05, 0) is 26.2 Å². The Balaban J connectivity index is 3.57. The van der Waals surface area contributed by atoms with Crippen LogP contribution in [0.15, 0.2) is 0 Å². The predicted molar refractivity (Wildman–Crippen MR) is 78.5 cm³/mol. The van der Waals surface area contributed by atoms with E-state index in [-0.39, 0.29) is 10.5 Å². The molecule has 2 unspecified atom stereocenters. The maximum absolute atomic E-state index is 13.5. The highest BCUT2D eigenvalue weighted by molar-refractivity contribution is 5.98. The number of hydrogen-bond donors (Lipinski definition) is 1. The Morgan fingerprint density at radius 1 is 1.20 bits per heavy atom. The molecule has 11 heteroatoms. The van der Waals surface area contributed by atoms with Crippen LogP contribution in [-0.2, 0) is 14.0 Å². The Labute approximate surface area is 144 Å². The highest BCUT2D eigenvalue weighted by atomic mass is 28.2. The largest absolute Gasteiger partial charge is 0.461 e. The molecule has 1 saturated heterocycles. The molecule has 0 radical (unpaired) electrons. The highest BCUT2D eigenvalue weighted by Gasteiger charge is 2.80. The van der Waals surface area contributed by atoms with Crippen molar-refractivity contribution in [2.45, 2.75) is 58.2 Å². The minimum absolute atomic E-state index is 0.127. The maximum atomic E-state index is 13.5. The van der Waals surface area contributed by atoms with Gasteiger partial charge in [0.1, 0.15) is 16.6 Å². The van der Waals surface area contributed by atoms with Gasteiger partial charge in [-0.1, -0.05) is 13.8 Å². The standard InChI is InChI=1S/C14H22F6O4Si/c1-7(2)11(6-23-25,5-8-10(3,4)9(21)24-8)12(22,13(15,16)17)14(18,19)20/h7-8,22H,5-6H2,1-4,25H3. The minimum Gasteiger partial charge on any atom is -0.461 e. The number of halogens is 6. The Hall–Kier alpha value is -0.813. The van der Waals surface area contributed by atoms with Gasteiger partial charge in [-0.3, -0.25) is 4.79 Å². The molecule has 0 aromatic heterocycles. The number of carbonyl (C=O) groups is 1. The molecule has 1 N–H and O–H groups in total. The lowest BCUT2D eigenvalue weighted by Gasteiger charge is -2.54. The minimum atomic E-state index is -5.99. The molecular formula is C14H22F6O4Si. The van der Waals surface area contributed by atoms with Crippen molar-refractivity contribution < 1.29 is 45.4 Å². The van der Waals surface area contributed by atoms with E-state index in [2.05, 4.69) is 0 Å². The van der Waals surface area contributed by atoms with Gasteiger partial charge in [0, 0.05) is 12.0 Å². The average Bonchev–Trinajstić information content (AvgIpc) is 2.42. The van der Waals surface area contributed by atoms with Crippen LogP contribution in [0.2, 0.25) is 0 Å². The van der Waals surface area contributed by atoms with Gasteiger partial charge in [0.05, 0.1) is 5.41 Å². The summed E-state index contributed by atoms with van der Waals surface area (Å²) in [7, 11) is -0.127. The van der Waals surface area contributed by atoms with Gasteiger partial charge < -0.3 is 14.3 Å². The second-order valence-electron chi connectivity index (χ2n) is 7.27. The van der Waals surface area contributed by atoms with Crippen LogP contribution in [0.25, 0.3) is 0 Å². The van der Waals surface area contributed by atoms with E-state index in [9.17, 15) is 36.2 Å². The fraction of sp³-hybridized carbons (Fsp3) is 0.929. The number of carbonyl (C=O) groups excluding carboxylic acids is 1. The molecule has 4 nitrogen and oxygen atoms in total. The molecule has 1 rings (SSSR count). The lowest BCUT2D eigenvalue weighted by atomic mass is 9.58. The Morgan fingerprint density at radius 3 is 1.88 bits per heavy atom. The lowest BCUT2D eigenvalue weighted by Crippen LogP contribution is -2.72. The summed E-state index contributed by atoms with van der Waals surface area (Å²) in [6.07, 6.45) is -14.0. The molecule has 0 amide bonds. The van der Waals surface area contributed by atoms with Gasteiger partial charge in [-0.25, -0.2) is 0 Å². The zero-order chi connectivity index (χ0) is 20.1. The van der Waals surface area contributed by atoms with Gasteiger partial charge in [0.15, 0.2) is 0 Å². The Morgan fingerprint density at radius 2 is 1.64 bits per heavy atom. The van der Waals surface area contributed by atoms with Crippen LogP contribution in [0.4, 0.5) is 26.3 Å². The fourth-order valence-corrected chi connectivity index (χ4v) is 3.76. The highest BCUT2D eigenvalue weighted by Crippen LogP contribution is 2.60. The van der Waals surface area contributed by atoms with E-state index in [0.717, 1.165) is 13.8 Å². The monoisotopic (exact) mass is 396 g/mol. The van der Waals surface area contributed by atoms with E-state index >= 15 is 0 Å². The summed E-state index contributed by atoms with van der Waals surface area (Å²) in [5.41, 5.74) is -9.03. The van der Waals surface area contributed by atoms with Crippen LogP contribution in [-0.4, -0.2) is 52.2 Å². The van der Waals surface area contributed by atoms with Crippen LogP contribution < -0.4 is 0 Å². The molecule has 25 heavy (non-hydrogen) atoms. The van der Waals surface area contributed by atoms with Crippen molar-refractivity contribution >= 4 is 16.5 Å². The van der Waals surface area contributed by atoms with Crippen LogP contribution in [0.1, 0.15) is 34.1 Å². The van der Waals surface area contributed by atoms with Gasteiger partial charge >= 0.3 is 18.3 Å². The zero-order valence-corrected chi connectivity index (χ0v) is 16.5. The number of alkyl halides is 6. The molecule has 1 aliphatic rings. The average molecular weight is 396 g/mol. The van der Waals surface area contributed by atoms with Gasteiger partial charge in [-0.2, -0.15) is 26.3 Å². The molecule has 148 valence electrons. The van der Waals surface area contributed by atoms with Crippen molar-refractivity contribution in [1.29, 1.82) is 0 Å². The molecule has 0 saturated carbocycles. The van der Waals surface area contributed by atoms with E-state index in [1.165, 1.54) is 13.8 Å². The Bertz CT molecular complexity index is 502. The predicted octanol–water partition coefficient (Wildman–Crippen LogP) is 2.12. The smallest absolute Gasteiger partial charge is 0.426 e. The van der Waals surface area contributed by atoms with E-state index in [0.29, 0.717) is 0 Å². The summed E-state index contributed by atoms with van der Waals surface area (Å²) in [5.74, 6) is -1.99.